The van der Waals surface area contributed by atoms with Crippen LogP contribution in [0, 0.1) is 0 Å². The topological polar surface area (TPSA) is 49.0 Å². The van der Waals surface area contributed by atoms with Crippen molar-refractivity contribution >= 4 is 5.69 Å². The highest BCUT2D eigenvalue weighted by atomic mass is 16.6. The quantitative estimate of drug-likeness (QED) is 0.924. The van der Waals surface area contributed by atoms with Gasteiger partial charge < -0.3 is 24.3 Å². The smallest absolute Gasteiger partial charge is 0.142 e. The molecule has 0 bridgehead atoms. The van der Waals surface area contributed by atoms with Crippen molar-refractivity contribution in [2.45, 2.75) is 30.9 Å². The van der Waals surface area contributed by atoms with Gasteiger partial charge in [-0.15, -0.1) is 0 Å². The lowest BCUT2D eigenvalue weighted by atomic mass is 9.89. The van der Waals surface area contributed by atoms with Gasteiger partial charge in [-0.25, -0.2) is 0 Å². The highest BCUT2D eigenvalue weighted by Gasteiger charge is 2.41. The SMILES string of the molecule is COc1ccc(OC)c(NC2CCOC3(CCOC3)C2)c1. The predicted molar refractivity (Wildman–Crippen MR) is 80.3 cm³/mol. The number of hydrogen-bond acceptors (Lipinski definition) is 5. The van der Waals surface area contributed by atoms with Crippen molar-refractivity contribution in [2.24, 2.45) is 0 Å². The first-order chi connectivity index (χ1) is 10.2. The summed E-state index contributed by atoms with van der Waals surface area (Å²) in [5.41, 5.74) is 0.875. The maximum atomic E-state index is 5.97. The van der Waals surface area contributed by atoms with Crippen molar-refractivity contribution in [2.75, 3.05) is 39.4 Å². The Kier molecular flexibility index (Phi) is 4.22. The van der Waals surface area contributed by atoms with Gasteiger partial charge in [-0.05, 0) is 25.0 Å². The highest BCUT2D eigenvalue weighted by molar-refractivity contribution is 5.60. The lowest BCUT2D eigenvalue weighted by Gasteiger charge is -2.37. The summed E-state index contributed by atoms with van der Waals surface area (Å²) in [5.74, 6) is 1.66. The molecule has 1 aromatic carbocycles. The lowest BCUT2D eigenvalue weighted by molar-refractivity contribution is -0.0828. The molecule has 2 heterocycles. The molecule has 2 unspecified atom stereocenters. The summed E-state index contributed by atoms with van der Waals surface area (Å²) in [5, 5.41) is 3.59. The highest BCUT2D eigenvalue weighted by Crippen LogP contribution is 2.36. The van der Waals surface area contributed by atoms with Crippen LogP contribution in [0.1, 0.15) is 19.3 Å². The van der Waals surface area contributed by atoms with E-state index in [1.807, 2.05) is 18.2 Å². The summed E-state index contributed by atoms with van der Waals surface area (Å²) in [6, 6.07) is 6.17. The fourth-order valence-corrected chi connectivity index (χ4v) is 3.16. The Bertz CT molecular complexity index is 485. The third-order valence-corrected chi connectivity index (χ3v) is 4.33. The second-order valence-corrected chi connectivity index (χ2v) is 5.73. The van der Waals surface area contributed by atoms with Crippen molar-refractivity contribution in [1.29, 1.82) is 0 Å². The van der Waals surface area contributed by atoms with Crippen LogP contribution in [0.25, 0.3) is 0 Å². The van der Waals surface area contributed by atoms with Gasteiger partial charge in [0.1, 0.15) is 11.5 Å². The maximum absolute atomic E-state index is 5.97. The van der Waals surface area contributed by atoms with Crippen molar-refractivity contribution < 1.29 is 18.9 Å². The molecular weight excluding hydrogens is 270 g/mol. The second kappa shape index (κ2) is 6.12. The molecule has 3 rings (SSSR count). The molecule has 0 radical (unpaired) electrons. The van der Waals surface area contributed by atoms with E-state index in [-0.39, 0.29) is 5.60 Å². The predicted octanol–water partition coefficient (Wildman–Crippen LogP) is 2.45. The Morgan fingerprint density at radius 3 is 2.86 bits per heavy atom. The van der Waals surface area contributed by atoms with Crippen molar-refractivity contribution in [1.82, 2.24) is 0 Å². The van der Waals surface area contributed by atoms with E-state index in [0.29, 0.717) is 12.6 Å². The summed E-state index contributed by atoms with van der Waals surface area (Å²) in [6.07, 6.45) is 2.94. The molecule has 5 nitrogen and oxygen atoms in total. The van der Waals surface area contributed by atoms with Gasteiger partial charge in [-0.2, -0.15) is 0 Å². The Labute approximate surface area is 125 Å². The van der Waals surface area contributed by atoms with Crippen LogP contribution in [0.3, 0.4) is 0 Å². The standard InChI is InChI=1S/C16H23NO4/c1-18-13-3-4-15(19-2)14(9-13)17-12-5-7-21-16(10-12)6-8-20-11-16/h3-4,9,12,17H,5-8,10-11H2,1-2H3. The summed E-state index contributed by atoms with van der Waals surface area (Å²) in [6.45, 7) is 2.28. The van der Waals surface area contributed by atoms with Gasteiger partial charge >= 0.3 is 0 Å². The van der Waals surface area contributed by atoms with E-state index < -0.39 is 0 Å². The summed E-state index contributed by atoms with van der Waals surface area (Å²) in [4.78, 5) is 0. The number of ether oxygens (including phenoxy) is 4. The van der Waals surface area contributed by atoms with Crippen LogP contribution in [0.15, 0.2) is 18.2 Å². The second-order valence-electron chi connectivity index (χ2n) is 5.73. The maximum Gasteiger partial charge on any atom is 0.142 e. The molecular formula is C16H23NO4. The van der Waals surface area contributed by atoms with Gasteiger partial charge in [-0.3, -0.25) is 0 Å². The van der Waals surface area contributed by atoms with Crippen LogP contribution in [0.2, 0.25) is 0 Å². The van der Waals surface area contributed by atoms with Crippen LogP contribution in [0.5, 0.6) is 11.5 Å². The van der Waals surface area contributed by atoms with Crippen LogP contribution < -0.4 is 14.8 Å². The molecule has 0 aliphatic carbocycles. The molecule has 0 aromatic heterocycles. The molecule has 2 aliphatic heterocycles. The fraction of sp³-hybridized carbons (Fsp3) is 0.625. The zero-order valence-electron chi connectivity index (χ0n) is 12.7. The molecule has 2 saturated heterocycles. The first-order valence-electron chi connectivity index (χ1n) is 7.45. The largest absolute Gasteiger partial charge is 0.497 e. The minimum atomic E-state index is -0.0952. The summed E-state index contributed by atoms with van der Waals surface area (Å²) in [7, 11) is 3.36. The van der Waals surface area contributed by atoms with E-state index in [9.17, 15) is 0 Å². The molecule has 0 amide bonds. The van der Waals surface area contributed by atoms with E-state index in [2.05, 4.69) is 5.32 Å². The van der Waals surface area contributed by atoms with E-state index in [4.69, 9.17) is 18.9 Å². The average molecular weight is 293 g/mol. The molecule has 2 fully saturated rings. The van der Waals surface area contributed by atoms with Crippen LogP contribution in [-0.2, 0) is 9.47 Å². The number of anilines is 1. The molecule has 2 aliphatic rings. The number of benzene rings is 1. The Morgan fingerprint density at radius 1 is 1.24 bits per heavy atom. The van der Waals surface area contributed by atoms with E-state index >= 15 is 0 Å². The summed E-state index contributed by atoms with van der Waals surface area (Å²) >= 11 is 0. The third kappa shape index (κ3) is 3.09. The van der Waals surface area contributed by atoms with Crippen molar-refractivity contribution in [3.05, 3.63) is 18.2 Å². The summed E-state index contributed by atoms with van der Waals surface area (Å²) < 4.78 is 22.2. The fourth-order valence-electron chi connectivity index (χ4n) is 3.16. The van der Waals surface area contributed by atoms with E-state index in [0.717, 1.165) is 49.7 Å². The van der Waals surface area contributed by atoms with E-state index in [1.165, 1.54) is 0 Å². The molecule has 1 aromatic rings. The molecule has 1 spiro atoms. The Morgan fingerprint density at radius 2 is 2.14 bits per heavy atom. The van der Waals surface area contributed by atoms with E-state index in [1.54, 1.807) is 14.2 Å². The molecule has 2 atom stereocenters. The van der Waals surface area contributed by atoms with Gasteiger partial charge in [0.15, 0.2) is 0 Å². The monoisotopic (exact) mass is 293 g/mol. The van der Waals surface area contributed by atoms with Crippen LogP contribution in [0.4, 0.5) is 5.69 Å². The lowest BCUT2D eigenvalue weighted by Crippen LogP contribution is -2.44. The first-order valence-corrected chi connectivity index (χ1v) is 7.45. The van der Waals surface area contributed by atoms with Gasteiger partial charge in [0.05, 0.1) is 32.1 Å². The Hall–Kier alpha value is -1.46. The zero-order valence-corrected chi connectivity index (χ0v) is 12.7. The molecule has 1 N–H and O–H groups in total. The number of hydrogen-bond donors (Lipinski definition) is 1. The van der Waals surface area contributed by atoms with Crippen molar-refractivity contribution in [3.8, 4) is 11.5 Å². The Balaban J connectivity index is 1.73. The molecule has 5 heteroatoms. The number of methoxy groups -OCH3 is 2. The van der Waals surface area contributed by atoms with Crippen LogP contribution >= 0.6 is 0 Å². The average Bonchev–Trinajstić information content (AvgIpc) is 2.95. The van der Waals surface area contributed by atoms with Gasteiger partial charge in [-0.1, -0.05) is 0 Å². The minimum absolute atomic E-state index is 0.0952. The molecule has 21 heavy (non-hydrogen) atoms. The zero-order chi connectivity index (χ0) is 14.7. The van der Waals surface area contributed by atoms with Gasteiger partial charge in [0.2, 0.25) is 0 Å². The van der Waals surface area contributed by atoms with Crippen molar-refractivity contribution in [3.63, 3.8) is 0 Å². The third-order valence-electron chi connectivity index (χ3n) is 4.33. The number of rotatable bonds is 4. The van der Waals surface area contributed by atoms with Gasteiger partial charge in [0, 0.05) is 31.7 Å². The van der Waals surface area contributed by atoms with Crippen LogP contribution in [-0.4, -0.2) is 45.7 Å². The number of nitrogens with one attached hydrogen (secondary N) is 1. The minimum Gasteiger partial charge on any atom is -0.497 e. The normalized spacial score (nSPS) is 28.6. The first kappa shape index (κ1) is 14.5. The van der Waals surface area contributed by atoms with Gasteiger partial charge in [0.25, 0.3) is 0 Å². The molecule has 116 valence electrons. The molecule has 0 saturated carbocycles.